The largest absolute Gasteiger partial charge is 0.548 e. The number of rotatable bonds is 15. The lowest BCUT2D eigenvalue weighted by molar-refractivity contribution is -0.396. The number of hydrogen-bond acceptors (Lipinski definition) is 11. The van der Waals surface area contributed by atoms with Crippen molar-refractivity contribution in [1.82, 2.24) is 21.3 Å². The lowest BCUT2D eigenvalue weighted by Crippen LogP contribution is -2.76. The molecule has 1 aliphatic rings. The number of amides is 4. The highest BCUT2D eigenvalue weighted by Gasteiger charge is 2.55. The topological polar surface area (TPSA) is 272 Å². The predicted octanol–water partition coefficient (Wildman–Crippen LogP) is -7.72. The number of nitrogens with one attached hydrogen (secondary N) is 4. The Kier molecular flexibility index (Phi) is 11.5. The van der Waals surface area contributed by atoms with E-state index >= 15 is 0 Å². The van der Waals surface area contributed by atoms with Gasteiger partial charge in [-0.3, -0.25) is 19.2 Å². The van der Waals surface area contributed by atoms with Gasteiger partial charge in [0.2, 0.25) is 0 Å². The Morgan fingerprint density at radius 1 is 0.846 bits per heavy atom. The molecule has 4 amide bonds. The molecule has 1 fully saturated rings. The van der Waals surface area contributed by atoms with Crippen molar-refractivity contribution in [3.63, 3.8) is 0 Å². The molecular weight excluding hydrogens is 556 g/mol. The Labute approximate surface area is 231 Å². The number of thioether (sulfide) groups is 2. The van der Waals surface area contributed by atoms with E-state index in [1.807, 2.05) is 0 Å². The molecule has 1 saturated heterocycles. The van der Waals surface area contributed by atoms with Crippen LogP contribution in [0.4, 0.5) is 0 Å². The Bertz CT molecular complexity index is 1100. The van der Waals surface area contributed by atoms with E-state index < -0.39 is 77.1 Å². The molecule has 1 aliphatic heterocycles. The predicted molar refractivity (Wildman–Crippen MR) is 133 cm³/mol. The van der Waals surface area contributed by atoms with E-state index in [1.165, 1.54) is 0 Å². The van der Waals surface area contributed by atoms with E-state index in [9.17, 15) is 44.1 Å². The molecule has 39 heavy (non-hydrogen) atoms. The number of quaternary nitrogens is 2. The molecule has 4 atom stereocenters. The molecule has 0 aromatic heterocycles. The van der Waals surface area contributed by atoms with E-state index in [-0.39, 0.29) is 17.9 Å². The van der Waals surface area contributed by atoms with Crippen LogP contribution in [0.25, 0.3) is 0 Å². The minimum atomic E-state index is -1.88. The third-order valence-electron chi connectivity index (χ3n) is 5.50. The summed E-state index contributed by atoms with van der Waals surface area (Å²) in [5.41, 5.74) is 8.00. The maximum Gasteiger partial charge on any atom is 0.279 e. The van der Waals surface area contributed by atoms with Crippen LogP contribution in [0.1, 0.15) is 5.56 Å². The highest BCUT2D eigenvalue weighted by molar-refractivity contribution is 8.02. The third-order valence-corrected chi connectivity index (χ3v) is 8.47. The van der Waals surface area contributed by atoms with E-state index in [1.54, 1.807) is 30.3 Å². The first-order valence-corrected chi connectivity index (χ1v) is 13.5. The van der Waals surface area contributed by atoms with Crippen molar-refractivity contribution in [3.8, 4) is 0 Å². The zero-order chi connectivity index (χ0) is 29.2. The molecule has 2 rings (SSSR count). The summed E-state index contributed by atoms with van der Waals surface area (Å²) in [5, 5.41) is 40.7. The van der Waals surface area contributed by atoms with Crippen LogP contribution in [0, 0.1) is 0 Å². The van der Waals surface area contributed by atoms with E-state index in [2.05, 4.69) is 32.7 Å². The lowest BCUT2D eigenvalue weighted by Gasteiger charge is -2.44. The molecule has 0 bridgehead atoms. The maximum atomic E-state index is 13.5. The van der Waals surface area contributed by atoms with Crippen molar-refractivity contribution in [1.29, 1.82) is 0 Å². The van der Waals surface area contributed by atoms with Crippen molar-refractivity contribution in [3.05, 3.63) is 35.9 Å². The fourth-order valence-electron chi connectivity index (χ4n) is 3.35. The smallest absolute Gasteiger partial charge is 0.279 e. The van der Waals surface area contributed by atoms with Gasteiger partial charge in [-0.15, -0.1) is 23.5 Å². The second-order valence-corrected chi connectivity index (χ2v) is 11.2. The summed E-state index contributed by atoms with van der Waals surface area (Å²) >= 11 is 1.66. The Morgan fingerprint density at radius 3 is 1.74 bits per heavy atom. The van der Waals surface area contributed by atoms with Gasteiger partial charge in [0.1, 0.15) is 0 Å². The average molecular weight is 587 g/mol. The van der Waals surface area contributed by atoms with Crippen LogP contribution in [0.5, 0.6) is 0 Å². The normalized spacial score (nSPS) is 22.1. The monoisotopic (exact) mass is 586 g/mol. The van der Waals surface area contributed by atoms with Crippen LogP contribution in [0.3, 0.4) is 0 Å². The summed E-state index contributed by atoms with van der Waals surface area (Å²) in [6.07, 6.45) is -0.000766. The molecule has 0 aliphatic carbocycles. The second kappa shape index (κ2) is 14.1. The lowest BCUT2D eigenvalue weighted by atomic mass is 10.0. The van der Waals surface area contributed by atoms with Crippen LogP contribution >= 0.6 is 23.5 Å². The summed E-state index contributed by atoms with van der Waals surface area (Å²) in [6, 6.07) is 6.69. The molecule has 1 aromatic rings. The van der Waals surface area contributed by atoms with Gasteiger partial charge in [0.05, 0.1) is 43.1 Å². The van der Waals surface area contributed by atoms with Crippen LogP contribution in [-0.2, 0) is 35.2 Å². The molecule has 1 heterocycles. The molecule has 0 radical (unpaired) electrons. The van der Waals surface area contributed by atoms with Crippen molar-refractivity contribution in [2.45, 2.75) is 28.2 Å². The number of piperazine rings is 1. The molecule has 0 unspecified atom stereocenters. The van der Waals surface area contributed by atoms with Crippen LogP contribution < -0.4 is 42.9 Å². The summed E-state index contributed by atoms with van der Waals surface area (Å²) in [4.78, 5) is 68.8. The molecule has 214 valence electrons. The Morgan fingerprint density at radius 2 is 1.28 bits per heavy atom. The second-order valence-electron chi connectivity index (χ2n) is 8.58. The third kappa shape index (κ3) is 8.82. The Balaban J connectivity index is 2.21. The van der Waals surface area contributed by atoms with Gasteiger partial charge in [0.25, 0.3) is 23.6 Å². The quantitative estimate of drug-likeness (QED) is 0.101. The standard InChI is InChI=1S/C22H30N6O9S2/c23-13(17(34)25-7-15(30)31)9-38-21(6-12-4-2-1-3-5-12)19(36)28-22(11-29,20(37)27-21)39-10-14(24)18(35)26-8-16(32)33/h1-5,13-14,29H,6-11,23-24H2,(H,25,34)(H,26,35)(H,27,37)(H,28,36)(H,30,31)(H,32,33)/t13-,14-,21+,22+/m0/s1. The minimum Gasteiger partial charge on any atom is -0.548 e. The molecule has 0 saturated carbocycles. The molecule has 0 spiro atoms. The number of aliphatic hydroxyl groups is 1. The van der Waals surface area contributed by atoms with Crippen LogP contribution in [0.15, 0.2) is 30.3 Å². The zero-order valence-corrected chi connectivity index (χ0v) is 22.4. The van der Waals surface area contributed by atoms with Gasteiger partial charge in [0, 0.05) is 6.42 Å². The number of hydrogen-bond donors (Lipinski definition) is 7. The average Bonchev–Trinajstić information content (AvgIpc) is 2.90. The van der Waals surface area contributed by atoms with Gasteiger partial charge in [-0.1, -0.05) is 30.3 Å². The maximum absolute atomic E-state index is 13.5. The SMILES string of the molecule is [NH3+][C@@H](CS[C@@]1(CO)NC(=O)[C@@](Cc2ccccc2)(SC[C@H]([NH3+])C(=O)NCC(=O)[O-])NC1=O)C(=O)NCC(=O)[O-]. The Hall–Kier alpha value is -3.38. The minimum absolute atomic E-state index is 0.000766. The van der Waals surface area contributed by atoms with Crippen molar-refractivity contribution >= 4 is 59.1 Å². The van der Waals surface area contributed by atoms with Crippen molar-refractivity contribution in [2.75, 3.05) is 31.2 Å². The van der Waals surface area contributed by atoms with Crippen LogP contribution in [-0.4, -0.2) is 93.7 Å². The number of carboxylic acid groups (broad SMARTS) is 2. The van der Waals surface area contributed by atoms with Gasteiger partial charge < -0.3 is 57.6 Å². The number of aliphatic hydroxyl groups excluding tert-OH is 1. The highest BCUT2D eigenvalue weighted by atomic mass is 32.2. The van der Waals surface area contributed by atoms with Gasteiger partial charge in [-0.25, -0.2) is 0 Å². The van der Waals surface area contributed by atoms with Crippen LogP contribution in [0.2, 0.25) is 0 Å². The first kappa shape index (κ1) is 31.8. The molecule has 15 nitrogen and oxygen atoms in total. The number of carbonyl (C=O) groups excluding carboxylic acids is 6. The van der Waals surface area contributed by atoms with E-state index in [0.717, 1.165) is 23.5 Å². The number of aliphatic carboxylic acids is 2. The summed E-state index contributed by atoms with van der Waals surface area (Å²) < 4.78 is 0. The fourth-order valence-corrected chi connectivity index (χ4v) is 5.67. The molecule has 11 N–H and O–H groups in total. The zero-order valence-electron chi connectivity index (χ0n) is 20.7. The van der Waals surface area contributed by atoms with Gasteiger partial charge >= 0.3 is 0 Å². The van der Waals surface area contributed by atoms with E-state index in [4.69, 9.17) is 0 Å². The molecule has 17 heteroatoms. The molecule has 1 aromatic carbocycles. The number of carboxylic acids is 2. The van der Waals surface area contributed by atoms with Gasteiger partial charge in [0.15, 0.2) is 21.8 Å². The summed E-state index contributed by atoms with van der Waals surface area (Å²) in [5.74, 6) is -6.12. The van der Waals surface area contributed by atoms with Gasteiger partial charge in [-0.2, -0.15) is 0 Å². The van der Waals surface area contributed by atoms with Gasteiger partial charge in [-0.05, 0) is 5.56 Å². The number of carbonyl (C=O) groups is 6. The first-order valence-electron chi connectivity index (χ1n) is 11.5. The molecular formula is C22H30N6O9S2. The highest BCUT2D eigenvalue weighted by Crippen LogP contribution is 2.35. The first-order chi connectivity index (χ1) is 18.3. The fraction of sp³-hybridized carbons (Fsp3) is 0.455. The van der Waals surface area contributed by atoms with Crippen molar-refractivity contribution < 1.29 is 55.6 Å². The van der Waals surface area contributed by atoms with E-state index in [0.29, 0.717) is 5.56 Å². The van der Waals surface area contributed by atoms with Crippen molar-refractivity contribution in [2.24, 2.45) is 0 Å². The summed E-state index contributed by atoms with van der Waals surface area (Å²) in [7, 11) is 0. The number of benzene rings is 1. The summed E-state index contributed by atoms with van der Waals surface area (Å²) in [6.45, 7) is -2.27.